The highest BCUT2D eigenvalue weighted by Gasteiger charge is 2.09. The zero-order chi connectivity index (χ0) is 9.56. The van der Waals surface area contributed by atoms with Crippen LogP contribution in [0.1, 0.15) is 47.0 Å². The first-order valence-corrected chi connectivity index (χ1v) is 5.32. The predicted molar refractivity (Wildman–Crippen MR) is 56.5 cm³/mol. The fourth-order valence-corrected chi connectivity index (χ4v) is 1.56. The van der Waals surface area contributed by atoms with E-state index in [-0.39, 0.29) is 0 Å². The van der Waals surface area contributed by atoms with E-state index in [4.69, 9.17) is 0 Å². The third-order valence-corrected chi connectivity index (χ3v) is 2.63. The summed E-state index contributed by atoms with van der Waals surface area (Å²) in [6, 6.07) is 0.795. The van der Waals surface area contributed by atoms with E-state index in [9.17, 15) is 0 Å². The van der Waals surface area contributed by atoms with Gasteiger partial charge in [0, 0.05) is 6.04 Å². The van der Waals surface area contributed by atoms with Crippen molar-refractivity contribution >= 4 is 0 Å². The molecule has 0 heterocycles. The van der Waals surface area contributed by atoms with Crippen LogP contribution < -0.4 is 0 Å². The quantitative estimate of drug-likeness (QED) is 0.593. The van der Waals surface area contributed by atoms with Crippen LogP contribution in [-0.2, 0) is 0 Å². The molecule has 0 unspecified atom stereocenters. The minimum absolute atomic E-state index is 0.795. The molecule has 0 aliphatic carbocycles. The molecule has 0 N–H and O–H groups in total. The Morgan fingerprint density at radius 1 is 1.08 bits per heavy atom. The Balaban J connectivity index is 3.61. The molecule has 0 radical (unpaired) electrons. The third kappa shape index (κ3) is 4.76. The highest BCUT2D eigenvalue weighted by molar-refractivity contribution is 4.65. The highest BCUT2D eigenvalue weighted by atomic mass is 15.1. The van der Waals surface area contributed by atoms with Crippen LogP contribution in [0.5, 0.6) is 0 Å². The van der Waals surface area contributed by atoms with Gasteiger partial charge in [0.25, 0.3) is 0 Å². The molecule has 0 aliphatic heterocycles. The number of nitrogens with zero attached hydrogens (tertiary/aromatic N) is 1. The first kappa shape index (κ1) is 12.0. The van der Waals surface area contributed by atoms with Crippen molar-refractivity contribution in [1.29, 1.82) is 0 Å². The van der Waals surface area contributed by atoms with Gasteiger partial charge >= 0.3 is 0 Å². The zero-order valence-corrected chi connectivity index (χ0v) is 9.43. The molecule has 0 saturated carbocycles. The van der Waals surface area contributed by atoms with E-state index in [1.54, 1.807) is 0 Å². The average Bonchev–Trinajstić information content (AvgIpc) is 2.03. The van der Waals surface area contributed by atoms with E-state index in [0.29, 0.717) is 0 Å². The van der Waals surface area contributed by atoms with E-state index in [2.05, 4.69) is 39.6 Å². The van der Waals surface area contributed by atoms with Gasteiger partial charge in [-0.3, -0.25) is 0 Å². The maximum absolute atomic E-state index is 2.50. The van der Waals surface area contributed by atoms with E-state index in [0.717, 1.165) is 12.0 Å². The molecule has 0 atom stereocenters. The lowest BCUT2D eigenvalue weighted by atomic mass is 10.1. The molecule has 0 aromatic carbocycles. The molecular weight excluding hydrogens is 146 g/mol. The molecule has 0 spiro atoms. The van der Waals surface area contributed by atoms with Gasteiger partial charge < -0.3 is 4.90 Å². The van der Waals surface area contributed by atoms with Gasteiger partial charge in [0.1, 0.15) is 0 Å². The van der Waals surface area contributed by atoms with Crippen LogP contribution in [0.4, 0.5) is 0 Å². The van der Waals surface area contributed by atoms with Crippen molar-refractivity contribution < 1.29 is 0 Å². The van der Waals surface area contributed by atoms with Gasteiger partial charge in [-0.1, -0.05) is 27.7 Å². The van der Waals surface area contributed by atoms with Crippen molar-refractivity contribution in [1.82, 2.24) is 4.90 Å². The maximum atomic E-state index is 2.50. The van der Waals surface area contributed by atoms with Gasteiger partial charge in [-0.2, -0.15) is 0 Å². The second kappa shape index (κ2) is 6.47. The average molecular weight is 171 g/mol. The first-order chi connectivity index (χ1) is 5.61. The Hall–Kier alpha value is -0.0400. The Morgan fingerprint density at radius 3 is 1.92 bits per heavy atom. The second-order valence-electron chi connectivity index (χ2n) is 4.13. The van der Waals surface area contributed by atoms with Crippen molar-refractivity contribution in [3.8, 4) is 0 Å². The molecule has 0 aromatic heterocycles. The molecule has 0 amide bonds. The Labute approximate surface area is 78.1 Å². The lowest BCUT2D eigenvalue weighted by Gasteiger charge is -2.26. The topological polar surface area (TPSA) is 3.24 Å². The Kier molecular flexibility index (Phi) is 6.45. The Morgan fingerprint density at radius 2 is 1.58 bits per heavy atom. The Bertz CT molecular complexity index is 95.2. The first-order valence-electron chi connectivity index (χ1n) is 5.32. The van der Waals surface area contributed by atoms with Crippen LogP contribution in [0.2, 0.25) is 0 Å². The minimum atomic E-state index is 0.795. The highest BCUT2D eigenvalue weighted by Crippen LogP contribution is 2.08. The molecule has 74 valence electrons. The van der Waals surface area contributed by atoms with Gasteiger partial charge in [-0.25, -0.2) is 0 Å². The lowest BCUT2D eigenvalue weighted by Crippen LogP contribution is -2.31. The maximum Gasteiger partial charge on any atom is 0.00869 e. The third-order valence-electron chi connectivity index (χ3n) is 2.63. The van der Waals surface area contributed by atoms with Gasteiger partial charge in [-0.15, -0.1) is 0 Å². The van der Waals surface area contributed by atoms with Gasteiger partial charge in [0.05, 0.1) is 0 Å². The van der Waals surface area contributed by atoms with Crippen LogP contribution in [0, 0.1) is 5.92 Å². The van der Waals surface area contributed by atoms with Crippen LogP contribution in [0.25, 0.3) is 0 Å². The van der Waals surface area contributed by atoms with Crippen molar-refractivity contribution in [2.75, 3.05) is 13.6 Å². The smallest absolute Gasteiger partial charge is 0.00869 e. The number of hydrogen-bond donors (Lipinski definition) is 0. The second-order valence-corrected chi connectivity index (χ2v) is 4.13. The minimum Gasteiger partial charge on any atom is -0.303 e. The van der Waals surface area contributed by atoms with E-state index in [1.807, 2.05) is 0 Å². The summed E-state index contributed by atoms with van der Waals surface area (Å²) < 4.78 is 0. The summed E-state index contributed by atoms with van der Waals surface area (Å²) >= 11 is 0. The fourth-order valence-electron chi connectivity index (χ4n) is 1.56. The SMILES string of the molecule is CCC(CC)N(C)CCC(C)C. The number of hydrogen-bond acceptors (Lipinski definition) is 1. The summed E-state index contributed by atoms with van der Waals surface area (Å²) in [6.45, 7) is 10.4. The van der Waals surface area contributed by atoms with Crippen molar-refractivity contribution in [3.63, 3.8) is 0 Å². The zero-order valence-electron chi connectivity index (χ0n) is 9.43. The largest absolute Gasteiger partial charge is 0.303 e. The van der Waals surface area contributed by atoms with E-state index >= 15 is 0 Å². The summed E-state index contributed by atoms with van der Waals surface area (Å²) in [5.74, 6) is 0.835. The van der Waals surface area contributed by atoms with Crippen LogP contribution in [0.3, 0.4) is 0 Å². The molecule has 0 fully saturated rings. The molecule has 0 rings (SSSR count). The molecule has 0 saturated heterocycles. The summed E-state index contributed by atoms with van der Waals surface area (Å²) in [4.78, 5) is 2.50. The summed E-state index contributed by atoms with van der Waals surface area (Å²) in [5, 5.41) is 0. The van der Waals surface area contributed by atoms with Crippen LogP contribution >= 0.6 is 0 Å². The summed E-state index contributed by atoms with van der Waals surface area (Å²) in [5.41, 5.74) is 0. The lowest BCUT2D eigenvalue weighted by molar-refractivity contribution is 0.218. The van der Waals surface area contributed by atoms with Gasteiger partial charge in [0.15, 0.2) is 0 Å². The molecule has 0 aliphatic rings. The van der Waals surface area contributed by atoms with Crippen LogP contribution in [0.15, 0.2) is 0 Å². The normalized spacial score (nSPS) is 12.0. The standard InChI is InChI=1S/C11H25N/c1-6-11(7-2)12(5)9-8-10(3)4/h10-11H,6-9H2,1-5H3. The van der Waals surface area contributed by atoms with Gasteiger partial charge in [-0.05, 0) is 38.8 Å². The van der Waals surface area contributed by atoms with E-state index in [1.165, 1.54) is 25.8 Å². The monoisotopic (exact) mass is 171 g/mol. The van der Waals surface area contributed by atoms with E-state index < -0.39 is 0 Å². The van der Waals surface area contributed by atoms with Gasteiger partial charge in [0.2, 0.25) is 0 Å². The van der Waals surface area contributed by atoms with Crippen LogP contribution in [-0.4, -0.2) is 24.5 Å². The summed E-state index contributed by atoms with van der Waals surface area (Å²) in [7, 11) is 2.25. The molecule has 12 heavy (non-hydrogen) atoms. The molecular formula is C11H25N. The molecule has 1 heteroatoms. The fraction of sp³-hybridized carbons (Fsp3) is 1.00. The predicted octanol–water partition coefficient (Wildman–Crippen LogP) is 3.15. The number of rotatable bonds is 6. The molecule has 0 bridgehead atoms. The summed E-state index contributed by atoms with van der Waals surface area (Å²) in [6.07, 6.45) is 3.89. The molecule has 1 nitrogen and oxygen atoms in total. The van der Waals surface area contributed by atoms with Crippen molar-refractivity contribution in [2.45, 2.75) is 53.0 Å². The molecule has 0 aromatic rings. The van der Waals surface area contributed by atoms with Crippen molar-refractivity contribution in [2.24, 2.45) is 5.92 Å². The van der Waals surface area contributed by atoms with Crippen molar-refractivity contribution in [3.05, 3.63) is 0 Å².